The second kappa shape index (κ2) is 4.37. The quantitative estimate of drug-likeness (QED) is 0.730. The van der Waals surface area contributed by atoms with Gasteiger partial charge in [0.2, 0.25) is 0 Å². The lowest BCUT2D eigenvalue weighted by atomic mass is 9.64. The molecule has 1 aliphatic heterocycles. The summed E-state index contributed by atoms with van der Waals surface area (Å²) in [7, 11) is 0. The molecule has 1 aliphatic carbocycles. The predicted molar refractivity (Wildman–Crippen MR) is 81.3 cm³/mol. The molecule has 2 unspecified atom stereocenters. The molecule has 1 heteroatoms. The van der Waals surface area contributed by atoms with Crippen LogP contribution in [0.5, 0.6) is 5.75 Å². The Hall–Kier alpha value is -1.76. The van der Waals surface area contributed by atoms with Gasteiger partial charge in [0.1, 0.15) is 11.9 Å². The molecular weight excluding hydrogens is 244 g/mol. The molecule has 0 bridgehead atoms. The summed E-state index contributed by atoms with van der Waals surface area (Å²) in [6.45, 7) is 2.15. The second-order valence-corrected chi connectivity index (χ2v) is 6.19. The van der Waals surface area contributed by atoms with Crippen molar-refractivity contribution in [2.45, 2.75) is 44.1 Å². The number of ether oxygens (including phenoxy) is 1. The maximum atomic E-state index is 6.30. The SMILES string of the molecule is Cc1ccc(C23CCCCC2Oc2ccccc23)cc1. The Morgan fingerprint density at radius 2 is 1.80 bits per heavy atom. The number of rotatable bonds is 1. The van der Waals surface area contributed by atoms with Gasteiger partial charge in [-0.3, -0.25) is 0 Å². The Kier molecular flexibility index (Phi) is 2.63. The normalized spacial score (nSPS) is 27.6. The van der Waals surface area contributed by atoms with E-state index in [-0.39, 0.29) is 5.41 Å². The first-order valence-corrected chi connectivity index (χ1v) is 7.64. The smallest absolute Gasteiger partial charge is 0.124 e. The molecule has 0 saturated heterocycles. The fourth-order valence-electron chi connectivity index (χ4n) is 4.04. The van der Waals surface area contributed by atoms with Crippen LogP contribution in [0.15, 0.2) is 48.5 Å². The Morgan fingerprint density at radius 1 is 1.00 bits per heavy atom. The zero-order valence-electron chi connectivity index (χ0n) is 11.9. The van der Waals surface area contributed by atoms with Crippen LogP contribution in [-0.2, 0) is 5.41 Å². The van der Waals surface area contributed by atoms with E-state index >= 15 is 0 Å². The Labute approximate surface area is 120 Å². The van der Waals surface area contributed by atoms with E-state index < -0.39 is 0 Å². The zero-order valence-corrected chi connectivity index (χ0v) is 11.9. The molecule has 20 heavy (non-hydrogen) atoms. The summed E-state index contributed by atoms with van der Waals surface area (Å²) in [6, 6.07) is 17.7. The van der Waals surface area contributed by atoms with Gasteiger partial charge in [0, 0.05) is 5.56 Å². The van der Waals surface area contributed by atoms with Crippen molar-refractivity contribution in [2.75, 3.05) is 0 Å². The van der Waals surface area contributed by atoms with E-state index in [1.807, 2.05) is 0 Å². The van der Waals surface area contributed by atoms with Crippen LogP contribution in [0.3, 0.4) is 0 Å². The average molecular weight is 264 g/mol. The van der Waals surface area contributed by atoms with E-state index in [1.54, 1.807) is 0 Å². The largest absolute Gasteiger partial charge is 0.489 e. The monoisotopic (exact) mass is 264 g/mol. The summed E-state index contributed by atoms with van der Waals surface area (Å²) < 4.78 is 6.30. The third-order valence-corrected chi connectivity index (χ3v) is 5.04. The van der Waals surface area contributed by atoms with Crippen molar-refractivity contribution in [3.63, 3.8) is 0 Å². The van der Waals surface area contributed by atoms with E-state index in [9.17, 15) is 0 Å². The van der Waals surface area contributed by atoms with Crippen LogP contribution in [0, 0.1) is 6.92 Å². The summed E-state index contributed by atoms with van der Waals surface area (Å²) in [4.78, 5) is 0. The Balaban J connectivity index is 1.92. The summed E-state index contributed by atoms with van der Waals surface area (Å²) in [5.74, 6) is 1.10. The highest BCUT2D eigenvalue weighted by Gasteiger charge is 2.50. The van der Waals surface area contributed by atoms with E-state index in [1.165, 1.54) is 42.4 Å². The second-order valence-electron chi connectivity index (χ2n) is 6.19. The van der Waals surface area contributed by atoms with Crippen molar-refractivity contribution in [3.8, 4) is 5.75 Å². The standard InChI is InChI=1S/C19H20O/c1-14-9-11-15(12-10-14)19-13-5-4-8-18(19)20-17-7-3-2-6-16(17)19/h2-3,6-7,9-12,18H,4-5,8,13H2,1H3. The Morgan fingerprint density at radius 3 is 2.65 bits per heavy atom. The van der Waals surface area contributed by atoms with E-state index in [2.05, 4.69) is 55.5 Å². The third-order valence-electron chi connectivity index (χ3n) is 5.04. The zero-order chi connectivity index (χ0) is 13.6. The van der Waals surface area contributed by atoms with Crippen LogP contribution < -0.4 is 4.74 Å². The number of hydrogen-bond acceptors (Lipinski definition) is 1. The molecule has 4 rings (SSSR count). The maximum Gasteiger partial charge on any atom is 0.124 e. The number of benzene rings is 2. The molecular formula is C19H20O. The first kappa shape index (κ1) is 12.0. The molecule has 0 N–H and O–H groups in total. The van der Waals surface area contributed by atoms with Gasteiger partial charge in [-0.15, -0.1) is 0 Å². The van der Waals surface area contributed by atoms with Crippen LogP contribution >= 0.6 is 0 Å². The summed E-state index contributed by atoms with van der Waals surface area (Å²) >= 11 is 0. The molecule has 0 aromatic heterocycles. The number of hydrogen-bond donors (Lipinski definition) is 0. The number of aryl methyl sites for hydroxylation is 1. The van der Waals surface area contributed by atoms with Crippen LogP contribution in [0.2, 0.25) is 0 Å². The van der Waals surface area contributed by atoms with Crippen LogP contribution in [0.25, 0.3) is 0 Å². The van der Waals surface area contributed by atoms with Gasteiger partial charge < -0.3 is 4.74 Å². The lowest BCUT2D eigenvalue weighted by molar-refractivity contribution is 0.123. The van der Waals surface area contributed by atoms with E-state index in [0.717, 1.165) is 5.75 Å². The lowest BCUT2D eigenvalue weighted by Crippen LogP contribution is -2.41. The molecule has 1 fully saturated rings. The summed E-state index contributed by atoms with van der Waals surface area (Å²) in [5.41, 5.74) is 4.23. The third kappa shape index (κ3) is 1.56. The van der Waals surface area contributed by atoms with E-state index in [0.29, 0.717) is 6.10 Å². The maximum absolute atomic E-state index is 6.30. The highest BCUT2D eigenvalue weighted by Crippen LogP contribution is 2.53. The number of para-hydroxylation sites is 1. The average Bonchev–Trinajstić information content (AvgIpc) is 2.83. The minimum absolute atomic E-state index is 0.0859. The van der Waals surface area contributed by atoms with Crippen LogP contribution in [0.1, 0.15) is 42.4 Å². The van der Waals surface area contributed by atoms with Crippen molar-refractivity contribution in [1.82, 2.24) is 0 Å². The highest BCUT2D eigenvalue weighted by molar-refractivity contribution is 5.53. The molecule has 0 spiro atoms. The van der Waals surface area contributed by atoms with Gasteiger partial charge >= 0.3 is 0 Å². The molecule has 1 saturated carbocycles. The fourth-order valence-corrected chi connectivity index (χ4v) is 4.04. The van der Waals surface area contributed by atoms with Crippen LogP contribution in [0.4, 0.5) is 0 Å². The Bertz CT molecular complexity index is 628. The predicted octanol–water partition coefficient (Wildman–Crippen LogP) is 4.62. The topological polar surface area (TPSA) is 9.23 Å². The van der Waals surface area contributed by atoms with Gasteiger partial charge in [-0.2, -0.15) is 0 Å². The first-order valence-electron chi connectivity index (χ1n) is 7.64. The van der Waals surface area contributed by atoms with Crippen LogP contribution in [-0.4, -0.2) is 6.10 Å². The van der Waals surface area contributed by atoms with Gasteiger partial charge in [0.05, 0.1) is 5.41 Å². The van der Waals surface area contributed by atoms with Gasteiger partial charge in [-0.1, -0.05) is 54.4 Å². The molecule has 1 heterocycles. The molecule has 0 radical (unpaired) electrons. The molecule has 2 aromatic carbocycles. The van der Waals surface area contributed by atoms with Crippen molar-refractivity contribution in [2.24, 2.45) is 0 Å². The molecule has 0 amide bonds. The van der Waals surface area contributed by atoms with Gasteiger partial charge in [-0.05, 0) is 37.8 Å². The van der Waals surface area contributed by atoms with Crippen molar-refractivity contribution >= 4 is 0 Å². The number of fused-ring (bicyclic) bond motifs is 3. The minimum atomic E-state index is 0.0859. The van der Waals surface area contributed by atoms with Crippen molar-refractivity contribution < 1.29 is 4.74 Å². The molecule has 2 atom stereocenters. The van der Waals surface area contributed by atoms with Crippen molar-refractivity contribution in [3.05, 3.63) is 65.2 Å². The van der Waals surface area contributed by atoms with Crippen molar-refractivity contribution in [1.29, 1.82) is 0 Å². The van der Waals surface area contributed by atoms with Gasteiger partial charge in [-0.25, -0.2) is 0 Å². The molecule has 2 aliphatic rings. The minimum Gasteiger partial charge on any atom is -0.489 e. The molecule has 1 nitrogen and oxygen atoms in total. The van der Waals surface area contributed by atoms with E-state index in [4.69, 9.17) is 4.74 Å². The fraction of sp³-hybridized carbons (Fsp3) is 0.368. The molecule has 2 aromatic rings. The molecule has 102 valence electrons. The summed E-state index contributed by atoms with van der Waals surface area (Å²) in [5, 5.41) is 0. The summed E-state index contributed by atoms with van der Waals surface area (Å²) in [6.07, 6.45) is 5.27. The van der Waals surface area contributed by atoms with Gasteiger partial charge in [0.25, 0.3) is 0 Å². The van der Waals surface area contributed by atoms with Gasteiger partial charge in [0.15, 0.2) is 0 Å². The lowest BCUT2D eigenvalue weighted by Gasteiger charge is -2.38. The first-order chi connectivity index (χ1) is 9.80. The highest BCUT2D eigenvalue weighted by atomic mass is 16.5.